The molecule has 3 rings (SSSR count). The van der Waals surface area contributed by atoms with E-state index in [0.29, 0.717) is 17.9 Å². The van der Waals surface area contributed by atoms with Gasteiger partial charge in [0, 0.05) is 12.6 Å². The first-order valence-electron chi connectivity index (χ1n) is 6.93. The van der Waals surface area contributed by atoms with Crippen molar-refractivity contribution in [1.82, 2.24) is 14.5 Å². The van der Waals surface area contributed by atoms with Crippen molar-refractivity contribution in [3.05, 3.63) is 63.7 Å². The molecule has 22 heavy (non-hydrogen) atoms. The molecule has 3 aromatic rings. The van der Waals surface area contributed by atoms with Crippen LogP contribution in [0.3, 0.4) is 0 Å². The molecule has 0 bridgehead atoms. The van der Waals surface area contributed by atoms with Crippen LogP contribution < -0.4 is 5.56 Å². The van der Waals surface area contributed by atoms with Crippen molar-refractivity contribution in [1.29, 1.82) is 0 Å². The van der Waals surface area contributed by atoms with Crippen molar-refractivity contribution in [3.63, 3.8) is 0 Å². The van der Waals surface area contributed by atoms with Gasteiger partial charge in [-0.05, 0) is 30.7 Å². The molecule has 0 saturated heterocycles. The van der Waals surface area contributed by atoms with Crippen LogP contribution in [-0.2, 0) is 6.42 Å². The van der Waals surface area contributed by atoms with Gasteiger partial charge < -0.3 is 0 Å². The van der Waals surface area contributed by atoms with E-state index in [1.54, 1.807) is 24.5 Å². The summed E-state index contributed by atoms with van der Waals surface area (Å²) in [5, 5.41) is 0.278. The highest BCUT2D eigenvalue weighted by atomic mass is 35.5. The minimum atomic E-state index is -0.549. The number of pyridine rings is 1. The van der Waals surface area contributed by atoms with Gasteiger partial charge in [-0.25, -0.2) is 9.37 Å². The SMILES string of the molecule is CCCc1nc2c(F)ccc(Cl)c2c(=O)n1-c1cccnc1. The van der Waals surface area contributed by atoms with Crippen LogP contribution in [0.25, 0.3) is 16.6 Å². The highest BCUT2D eigenvalue weighted by molar-refractivity contribution is 6.35. The molecule has 0 amide bonds. The van der Waals surface area contributed by atoms with Gasteiger partial charge in [-0.1, -0.05) is 18.5 Å². The molecule has 0 spiro atoms. The molecule has 0 unspecified atom stereocenters. The third kappa shape index (κ3) is 2.37. The molecular formula is C16H13ClFN3O. The van der Waals surface area contributed by atoms with Crippen LogP contribution in [-0.4, -0.2) is 14.5 Å². The summed E-state index contributed by atoms with van der Waals surface area (Å²) in [6.07, 6.45) is 4.52. The molecule has 112 valence electrons. The second-order valence-corrected chi connectivity index (χ2v) is 5.29. The van der Waals surface area contributed by atoms with Gasteiger partial charge in [-0.15, -0.1) is 0 Å². The summed E-state index contributed by atoms with van der Waals surface area (Å²) in [5.41, 5.74) is 0.220. The Bertz CT molecular complexity index is 893. The topological polar surface area (TPSA) is 47.8 Å². The van der Waals surface area contributed by atoms with E-state index >= 15 is 0 Å². The van der Waals surface area contributed by atoms with Gasteiger partial charge in [-0.3, -0.25) is 14.3 Å². The quantitative estimate of drug-likeness (QED) is 0.742. The summed E-state index contributed by atoms with van der Waals surface area (Å²) in [4.78, 5) is 21.2. The summed E-state index contributed by atoms with van der Waals surface area (Å²) in [5.74, 6) is -0.0543. The van der Waals surface area contributed by atoms with Crippen molar-refractivity contribution in [3.8, 4) is 5.69 Å². The second kappa shape index (κ2) is 5.85. The lowest BCUT2D eigenvalue weighted by molar-refractivity contribution is 0.633. The maximum absolute atomic E-state index is 14.0. The lowest BCUT2D eigenvalue weighted by Gasteiger charge is -2.13. The molecule has 1 aromatic carbocycles. The highest BCUT2D eigenvalue weighted by Gasteiger charge is 2.17. The number of hydrogen-bond donors (Lipinski definition) is 0. The van der Waals surface area contributed by atoms with E-state index < -0.39 is 5.82 Å². The van der Waals surface area contributed by atoms with Crippen LogP contribution in [0.4, 0.5) is 4.39 Å². The Kier molecular flexibility index (Phi) is 3.90. The van der Waals surface area contributed by atoms with Crippen molar-refractivity contribution in [2.75, 3.05) is 0 Å². The molecule has 0 saturated carbocycles. The van der Waals surface area contributed by atoms with Crippen LogP contribution in [0, 0.1) is 5.82 Å². The smallest absolute Gasteiger partial charge is 0.267 e. The molecule has 0 fully saturated rings. The standard InChI is InChI=1S/C16H13ClFN3O/c1-2-4-13-20-15-12(18)7-6-11(17)14(15)16(22)21(13)10-5-3-8-19-9-10/h3,5-9H,2,4H2,1H3. The molecule has 2 heterocycles. The fourth-order valence-corrected chi connectivity index (χ4v) is 2.64. The van der Waals surface area contributed by atoms with Crippen molar-refractivity contribution < 1.29 is 4.39 Å². The van der Waals surface area contributed by atoms with Crippen LogP contribution in [0.1, 0.15) is 19.2 Å². The molecule has 2 aromatic heterocycles. The van der Waals surface area contributed by atoms with Crippen LogP contribution in [0.15, 0.2) is 41.5 Å². The summed E-state index contributed by atoms with van der Waals surface area (Å²) in [6, 6.07) is 6.08. The fraction of sp³-hybridized carbons (Fsp3) is 0.188. The first kappa shape index (κ1) is 14.7. The molecule has 6 heteroatoms. The monoisotopic (exact) mass is 317 g/mol. The first-order chi connectivity index (χ1) is 10.6. The molecule has 0 radical (unpaired) electrons. The van der Waals surface area contributed by atoms with E-state index in [2.05, 4.69) is 9.97 Å². The van der Waals surface area contributed by atoms with Gasteiger partial charge >= 0.3 is 0 Å². The van der Waals surface area contributed by atoms with Crippen molar-refractivity contribution in [2.45, 2.75) is 19.8 Å². The summed E-state index contributed by atoms with van der Waals surface area (Å²) < 4.78 is 15.5. The van der Waals surface area contributed by atoms with E-state index in [1.807, 2.05) is 6.92 Å². The Morgan fingerprint density at radius 1 is 1.32 bits per heavy atom. The van der Waals surface area contributed by atoms with Gasteiger partial charge in [0.05, 0.1) is 22.3 Å². The maximum atomic E-state index is 14.0. The zero-order valence-electron chi connectivity index (χ0n) is 11.9. The summed E-state index contributed by atoms with van der Waals surface area (Å²) in [6.45, 7) is 1.97. The van der Waals surface area contributed by atoms with Crippen molar-refractivity contribution >= 4 is 22.5 Å². The second-order valence-electron chi connectivity index (χ2n) is 4.88. The number of rotatable bonds is 3. The normalized spacial score (nSPS) is 11.0. The van der Waals surface area contributed by atoms with Crippen LogP contribution in [0.2, 0.25) is 5.02 Å². The number of fused-ring (bicyclic) bond motifs is 1. The molecule has 0 aliphatic heterocycles. The number of hydrogen-bond acceptors (Lipinski definition) is 3. The third-order valence-corrected chi connectivity index (χ3v) is 3.69. The largest absolute Gasteiger partial charge is 0.268 e. The zero-order valence-corrected chi connectivity index (χ0v) is 12.6. The number of aromatic nitrogens is 3. The van der Waals surface area contributed by atoms with E-state index in [9.17, 15) is 9.18 Å². The third-order valence-electron chi connectivity index (χ3n) is 3.37. The number of nitrogens with zero attached hydrogens (tertiary/aromatic N) is 3. The average Bonchev–Trinajstić information content (AvgIpc) is 2.52. The molecule has 0 aliphatic rings. The lowest BCUT2D eigenvalue weighted by atomic mass is 10.2. The van der Waals surface area contributed by atoms with Gasteiger partial charge in [0.25, 0.3) is 5.56 Å². The molecule has 4 nitrogen and oxygen atoms in total. The first-order valence-corrected chi connectivity index (χ1v) is 7.31. The average molecular weight is 318 g/mol. The highest BCUT2D eigenvalue weighted by Crippen LogP contribution is 2.23. The minimum Gasteiger partial charge on any atom is -0.268 e. The summed E-state index contributed by atoms with van der Waals surface area (Å²) in [7, 11) is 0. The van der Waals surface area contributed by atoms with Gasteiger partial charge in [0.1, 0.15) is 17.2 Å². The van der Waals surface area contributed by atoms with Crippen LogP contribution in [0.5, 0.6) is 0 Å². The molecule has 0 N–H and O–H groups in total. The number of benzene rings is 1. The Morgan fingerprint density at radius 2 is 2.14 bits per heavy atom. The Hall–Kier alpha value is -2.27. The van der Waals surface area contributed by atoms with E-state index in [-0.39, 0.29) is 21.5 Å². The molecule has 0 atom stereocenters. The number of halogens is 2. The lowest BCUT2D eigenvalue weighted by Crippen LogP contribution is -2.24. The Morgan fingerprint density at radius 3 is 2.82 bits per heavy atom. The molecule has 0 aliphatic carbocycles. The van der Waals surface area contributed by atoms with Crippen LogP contribution >= 0.6 is 11.6 Å². The Labute approximate surface area is 131 Å². The molecular weight excluding hydrogens is 305 g/mol. The fourth-order valence-electron chi connectivity index (χ4n) is 2.41. The predicted octanol–water partition coefficient (Wildman–Crippen LogP) is 3.53. The number of aryl methyl sites for hydroxylation is 1. The van der Waals surface area contributed by atoms with Gasteiger partial charge in [0.2, 0.25) is 0 Å². The minimum absolute atomic E-state index is 0.0149. The van der Waals surface area contributed by atoms with E-state index in [0.717, 1.165) is 6.42 Å². The van der Waals surface area contributed by atoms with Crippen molar-refractivity contribution in [2.24, 2.45) is 0 Å². The maximum Gasteiger partial charge on any atom is 0.267 e. The Balaban J connectivity index is 2.45. The summed E-state index contributed by atoms with van der Waals surface area (Å²) >= 11 is 6.09. The van der Waals surface area contributed by atoms with E-state index in [4.69, 9.17) is 11.6 Å². The predicted molar refractivity (Wildman–Crippen MR) is 84.1 cm³/mol. The van der Waals surface area contributed by atoms with Gasteiger partial charge in [-0.2, -0.15) is 0 Å². The van der Waals surface area contributed by atoms with Gasteiger partial charge in [0.15, 0.2) is 0 Å². The zero-order chi connectivity index (χ0) is 15.7. The van der Waals surface area contributed by atoms with E-state index in [1.165, 1.54) is 16.7 Å².